The Kier molecular flexibility index (Phi) is 5.16. The molecule has 5 nitrogen and oxygen atoms in total. The smallest absolute Gasteiger partial charge is 0.261 e. The van der Waals surface area contributed by atoms with Crippen LogP contribution >= 0.6 is 0 Å². The van der Waals surface area contributed by atoms with Crippen molar-refractivity contribution >= 4 is 11.8 Å². The molecule has 124 valence electrons. The first-order valence-electron chi connectivity index (χ1n) is 8.54. The summed E-state index contributed by atoms with van der Waals surface area (Å²) >= 11 is 0. The van der Waals surface area contributed by atoms with E-state index in [1.54, 1.807) is 0 Å². The highest BCUT2D eigenvalue weighted by molar-refractivity contribution is 5.82. The molecular weight excluding hydrogens is 292 g/mol. The van der Waals surface area contributed by atoms with Gasteiger partial charge in [-0.25, -0.2) is 0 Å². The van der Waals surface area contributed by atoms with Crippen LogP contribution in [0.1, 0.15) is 37.7 Å². The van der Waals surface area contributed by atoms with E-state index in [9.17, 15) is 9.59 Å². The predicted molar refractivity (Wildman–Crippen MR) is 87.2 cm³/mol. The van der Waals surface area contributed by atoms with Gasteiger partial charge < -0.3 is 15.0 Å². The maximum Gasteiger partial charge on any atom is 0.261 e. The van der Waals surface area contributed by atoms with Crippen molar-refractivity contribution in [1.29, 1.82) is 0 Å². The van der Waals surface area contributed by atoms with Gasteiger partial charge in [-0.2, -0.15) is 0 Å². The zero-order chi connectivity index (χ0) is 16.1. The van der Waals surface area contributed by atoms with E-state index in [-0.39, 0.29) is 11.8 Å². The third-order valence-corrected chi connectivity index (χ3v) is 4.51. The second-order valence-corrected chi connectivity index (χ2v) is 6.25. The van der Waals surface area contributed by atoms with Gasteiger partial charge in [-0.1, -0.05) is 24.6 Å². The van der Waals surface area contributed by atoms with Gasteiger partial charge in [-0.3, -0.25) is 9.59 Å². The molecule has 1 aromatic carbocycles. The van der Waals surface area contributed by atoms with Crippen molar-refractivity contribution in [3.05, 3.63) is 29.8 Å². The van der Waals surface area contributed by atoms with Crippen molar-refractivity contribution in [2.24, 2.45) is 0 Å². The first-order chi connectivity index (χ1) is 11.2. The number of amides is 2. The van der Waals surface area contributed by atoms with Gasteiger partial charge in [0.25, 0.3) is 5.91 Å². The Morgan fingerprint density at radius 2 is 2.13 bits per heavy atom. The molecule has 2 aliphatic heterocycles. The van der Waals surface area contributed by atoms with Crippen molar-refractivity contribution < 1.29 is 14.3 Å². The quantitative estimate of drug-likeness (QED) is 0.844. The number of ether oxygens (including phenoxy) is 1. The monoisotopic (exact) mass is 316 g/mol. The number of hydrogen-bond acceptors (Lipinski definition) is 3. The van der Waals surface area contributed by atoms with Gasteiger partial charge in [0.15, 0.2) is 6.10 Å². The van der Waals surface area contributed by atoms with Crippen molar-refractivity contribution in [2.75, 3.05) is 19.6 Å². The summed E-state index contributed by atoms with van der Waals surface area (Å²) in [7, 11) is 0. The Morgan fingerprint density at radius 1 is 1.26 bits per heavy atom. The summed E-state index contributed by atoms with van der Waals surface area (Å²) in [5.74, 6) is 0.995. The number of likely N-dealkylation sites (tertiary alicyclic amines) is 1. The molecule has 2 heterocycles. The van der Waals surface area contributed by atoms with Gasteiger partial charge >= 0.3 is 0 Å². The van der Waals surface area contributed by atoms with Crippen LogP contribution in [-0.2, 0) is 16.0 Å². The van der Waals surface area contributed by atoms with Crippen molar-refractivity contribution in [3.63, 3.8) is 0 Å². The first-order valence-corrected chi connectivity index (χ1v) is 8.54. The van der Waals surface area contributed by atoms with Crippen LogP contribution in [0.15, 0.2) is 24.3 Å². The molecule has 5 heteroatoms. The zero-order valence-corrected chi connectivity index (χ0v) is 13.4. The summed E-state index contributed by atoms with van der Waals surface area (Å²) in [6.45, 7) is 2.16. The molecule has 0 spiro atoms. The fourth-order valence-corrected chi connectivity index (χ4v) is 3.20. The van der Waals surface area contributed by atoms with Gasteiger partial charge in [0.2, 0.25) is 5.91 Å². The number of hydrogen-bond donors (Lipinski definition) is 1. The maximum atomic E-state index is 12.2. The molecule has 2 aliphatic rings. The van der Waals surface area contributed by atoms with Crippen LogP contribution in [0, 0.1) is 0 Å². The lowest BCUT2D eigenvalue weighted by molar-refractivity contribution is -0.130. The van der Waals surface area contributed by atoms with E-state index in [4.69, 9.17) is 4.74 Å². The fourth-order valence-electron chi connectivity index (χ4n) is 3.20. The normalized spacial score (nSPS) is 20.6. The molecule has 1 saturated heterocycles. The number of carbonyl (C=O) groups is 2. The van der Waals surface area contributed by atoms with Crippen LogP contribution in [0.4, 0.5) is 0 Å². The average molecular weight is 316 g/mol. The van der Waals surface area contributed by atoms with E-state index in [1.807, 2.05) is 29.2 Å². The summed E-state index contributed by atoms with van der Waals surface area (Å²) < 4.78 is 5.67. The lowest BCUT2D eigenvalue weighted by Crippen LogP contribution is -2.39. The lowest BCUT2D eigenvalue weighted by Gasteiger charge is -2.20. The number of nitrogens with zero attached hydrogens (tertiary/aromatic N) is 1. The van der Waals surface area contributed by atoms with E-state index in [1.165, 1.54) is 0 Å². The lowest BCUT2D eigenvalue weighted by atomic mass is 10.1. The minimum Gasteiger partial charge on any atom is -0.480 e. The van der Waals surface area contributed by atoms with E-state index >= 15 is 0 Å². The highest BCUT2D eigenvalue weighted by Crippen LogP contribution is 2.28. The van der Waals surface area contributed by atoms with E-state index < -0.39 is 6.10 Å². The second kappa shape index (κ2) is 7.49. The Bertz CT molecular complexity index is 548. The molecule has 0 radical (unpaired) electrons. The standard InChI is InChI=1S/C18H24N2O3/c21-17-9-2-1-5-11-20(17)12-6-10-19-18(22)16-13-14-7-3-4-8-15(14)23-16/h3-4,7-8,16H,1-2,5-6,9-13H2,(H,19,22). The molecule has 23 heavy (non-hydrogen) atoms. The molecule has 3 rings (SSSR count). The third kappa shape index (κ3) is 4.03. The van der Waals surface area contributed by atoms with Gasteiger partial charge in [0.05, 0.1) is 0 Å². The summed E-state index contributed by atoms with van der Waals surface area (Å²) in [5.41, 5.74) is 1.09. The van der Waals surface area contributed by atoms with Gasteiger partial charge in [0, 0.05) is 32.5 Å². The van der Waals surface area contributed by atoms with Crippen LogP contribution in [0.3, 0.4) is 0 Å². The highest BCUT2D eigenvalue weighted by Gasteiger charge is 2.28. The van der Waals surface area contributed by atoms with Crippen molar-refractivity contribution in [2.45, 2.75) is 44.6 Å². The molecule has 1 N–H and O–H groups in total. The maximum absolute atomic E-state index is 12.2. The zero-order valence-electron chi connectivity index (χ0n) is 13.4. The number of carbonyl (C=O) groups excluding carboxylic acids is 2. The van der Waals surface area contributed by atoms with E-state index in [0.717, 1.165) is 50.1 Å². The second-order valence-electron chi connectivity index (χ2n) is 6.25. The average Bonchev–Trinajstić information content (AvgIpc) is 2.89. The third-order valence-electron chi connectivity index (χ3n) is 4.51. The number of rotatable bonds is 5. The fraction of sp³-hybridized carbons (Fsp3) is 0.556. The molecule has 1 atom stereocenters. The molecule has 1 aromatic rings. The van der Waals surface area contributed by atoms with E-state index in [2.05, 4.69) is 5.32 Å². The summed E-state index contributed by atoms with van der Waals surface area (Å²) in [4.78, 5) is 26.0. The molecular formula is C18H24N2O3. The molecule has 0 bridgehead atoms. The largest absolute Gasteiger partial charge is 0.480 e. The minimum absolute atomic E-state index is 0.0663. The van der Waals surface area contributed by atoms with Crippen molar-refractivity contribution in [1.82, 2.24) is 10.2 Å². The molecule has 0 aromatic heterocycles. The Balaban J connectivity index is 1.38. The van der Waals surface area contributed by atoms with Crippen LogP contribution in [0.2, 0.25) is 0 Å². The van der Waals surface area contributed by atoms with Crippen LogP contribution in [0.25, 0.3) is 0 Å². The predicted octanol–water partition coefficient (Wildman–Crippen LogP) is 1.90. The number of nitrogens with one attached hydrogen (secondary N) is 1. The molecule has 0 aliphatic carbocycles. The SMILES string of the molecule is O=C(NCCCN1CCCCCC1=O)C1Cc2ccccc2O1. The minimum atomic E-state index is -0.424. The Hall–Kier alpha value is -2.04. The summed E-state index contributed by atoms with van der Waals surface area (Å²) in [5, 5.41) is 2.93. The number of para-hydroxylation sites is 1. The van der Waals surface area contributed by atoms with E-state index in [0.29, 0.717) is 19.4 Å². The topological polar surface area (TPSA) is 58.6 Å². The van der Waals surface area contributed by atoms with Crippen molar-refractivity contribution in [3.8, 4) is 5.75 Å². The van der Waals surface area contributed by atoms with Crippen LogP contribution in [0.5, 0.6) is 5.75 Å². The molecule has 2 amide bonds. The first kappa shape index (κ1) is 15.8. The molecule has 0 saturated carbocycles. The molecule has 1 unspecified atom stereocenters. The van der Waals surface area contributed by atoms with Gasteiger partial charge in [-0.15, -0.1) is 0 Å². The molecule has 1 fully saturated rings. The number of benzene rings is 1. The summed E-state index contributed by atoms with van der Waals surface area (Å²) in [6.07, 6.45) is 4.90. The summed E-state index contributed by atoms with van der Waals surface area (Å²) in [6, 6.07) is 7.76. The van der Waals surface area contributed by atoms with Gasteiger partial charge in [0.1, 0.15) is 5.75 Å². The number of fused-ring (bicyclic) bond motifs is 1. The Labute approximate surface area is 137 Å². The Morgan fingerprint density at radius 3 is 3.00 bits per heavy atom. The van der Waals surface area contributed by atoms with Crippen LogP contribution in [-0.4, -0.2) is 42.5 Å². The van der Waals surface area contributed by atoms with Crippen LogP contribution < -0.4 is 10.1 Å². The van der Waals surface area contributed by atoms with Gasteiger partial charge in [-0.05, 0) is 30.9 Å². The highest BCUT2D eigenvalue weighted by atomic mass is 16.5.